The molecule has 116 valence electrons. The van der Waals surface area contributed by atoms with Gasteiger partial charge in [-0.3, -0.25) is 5.10 Å². The number of anilines is 2. The van der Waals surface area contributed by atoms with Crippen LogP contribution in [0.5, 0.6) is 0 Å². The maximum absolute atomic E-state index is 8.99. The molecule has 0 aliphatic heterocycles. The summed E-state index contributed by atoms with van der Waals surface area (Å²) >= 11 is 7.79. The second-order valence-corrected chi connectivity index (χ2v) is 6.34. The Balaban J connectivity index is 1.65. The van der Waals surface area contributed by atoms with Crippen LogP contribution in [-0.2, 0) is 0 Å². The summed E-state index contributed by atoms with van der Waals surface area (Å²) in [6.07, 6.45) is 1.68. The highest BCUT2D eigenvalue weighted by Crippen LogP contribution is 2.34. The van der Waals surface area contributed by atoms with E-state index in [0.717, 1.165) is 27.2 Å². The Bertz CT molecular complexity index is 1080. The zero-order chi connectivity index (χ0) is 16.5. The second kappa shape index (κ2) is 5.92. The van der Waals surface area contributed by atoms with E-state index < -0.39 is 0 Å². The molecule has 8 heteroatoms. The van der Waals surface area contributed by atoms with Crippen LogP contribution in [0.15, 0.2) is 42.6 Å². The fourth-order valence-electron chi connectivity index (χ4n) is 2.31. The molecule has 0 atom stereocenters. The Morgan fingerprint density at radius 1 is 1.21 bits per heavy atom. The summed E-state index contributed by atoms with van der Waals surface area (Å²) < 4.78 is 0. The third-order valence-corrected chi connectivity index (χ3v) is 4.76. The van der Waals surface area contributed by atoms with Crippen molar-refractivity contribution < 1.29 is 0 Å². The van der Waals surface area contributed by atoms with Crippen molar-refractivity contribution in [3.63, 3.8) is 0 Å². The van der Waals surface area contributed by atoms with Crippen molar-refractivity contribution >= 4 is 44.7 Å². The van der Waals surface area contributed by atoms with Gasteiger partial charge in [0.05, 0.1) is 34.1 Å². The van der Waals surface area contributed by atoms with E-state index in [9.17, 15) is 0 Å². The molecular weight excluding hydrogens is 344 g/mol. The summed E-state index contributed by atoms with van der Waals surface area (Å²) in [6.45, 7) is 0. The molecule has 0 aliphatic carbocycles. The summed E-state index contributed by atoms with van der Waals surface area (Å²) in [5.41, 5.74) is 3.05. The number of rotatable bonds is 3. The highest BCUT2D eigenvalue weighted by atomic mass is 35.5. The summed E-state index contributed by atoms with van der Waals surface area (Å²) in [4.78, 5) is 0. The Morgan fingerprint density at radius 2 is 2.12 bits per heavy atom. The molecule has 0 aliphatic rings. The molecule has 0 radical (unpaired) electrons. The molecule has 6 nitrogen and oxygen atoms in total. The first-order valence-electron chi connectivity index (χ1n) is 6.97. The van der Waals surface area contributed by atoms with E-state index in [1.165, 1.54) is 11.3 Å². The fraction of sp³-hybridized carbons (Fsp3) is 0. The maximum atomic E-state index is 8.99. The molecule has 2 N–H and O–H groups in total. The first-order chi connectivity index (χ1) is 11.7. The van der Waals surface area contributed by atoms with Crippen LogP contribution >= 0.6 is 22.9 Å². The van der Waals surface area contributed by atoms with Gasteiger partial charge in [0, 0.05) is 10.9 Å². The van der Waals surface area contributed by atoms with E-state index >= 15 is 0 Å². The quantitative estimate of drug-likeness (QED) is 0.572. The summed E-state index contributed by atoms with van der Waals surface area (Å²) in [5.74, 6) is 0. The molecule has 2 aromatic heterocycles. The van der Waals surface area contributed by atoms with Crippen molar-refractivity contribution in [1.82, 2.24) is 20.4 Å². The summed E-state index contributed by atoms with van der Waals surface area (Å²) in [7, 11) is 0. The average Bonchev–Trinajstić information content (AvgIpc) is 3.27. The number of hydrogen-bond acceptors (Lipinski definition) is 6. The first-order valence-corrected chi connectivity index (χ1v) is 8.17. The van der Waals surface area contributed by atoms with Crippen LogP contribution in [0, 0.1) is 11.3 Å². The third-order valence-electron chi connectivity index (χ3n) is 3.46. The van der Waals surface area contributed by atoms with Crippen molar-refractivity contribution in [2.75, 3.05) is 5.32 Å². The average molecular weight is 353 g/mol. The zero-order valence-corrected chi connectivity index (χ0v) is 13.7. The third kappa shape index (κ3) is 2.58. The summed E-state index contributed by atoms with van der Waals surface area (Å²) in [5, 5.41) is 30.1. The normalized spacial score (nSPS) is 10.7. The Morgan fingerprint density at radius 3 is 3.00 bits per heavy atom. The number of nitrogens with one attached hydrogen (secondary N) is 2. The zero-order valence-electron chi connectivity index (χ0n) is 12.1. The fourth-order valence-corrected chi connectivity index (χ4v) is 3.32. The van der Waals surface area contributed by atoms with Crippen LogP contribution < -0.4 is 5.32 Å². The van der Waals surface area contributed by atoms with Gasteiger partial charge < -0.3 is 5.32 Å². The molecule has 2 aromatic carbocycles. The number of aromatic amines is 1. The lowest BCUT2D eigenvalue weighted by Crippen LogP contribution is -1.90. The van der Waals surface area contributed by atoms with Crippen LogP contribution in [0.25, 0.3) is 21.5 Å². The predicted octanol–water partition coefficient (Wildman–Crippen LogP) is 4.35. The Kier molecular flexibility index (Phi) is 3.61. The van der Waals surface area contributed by atoms with Gasteiger partial charge in [-0.15, -0.1) is 10.2 Å². The van der Waals surface area contributed by atoms with Gasteiger partial charge in [-0.1, -0.05) is 35.1 Å². The lowest BCUT2D eigenvalue weighted by molar-refractivity contribution is 1.10. The van der Waals surface area contributed by atoms with Crippen LogP contribution in [0.2, 0.25) is 5.02 Å². The van der Waals surface area contributed by atoms with Crippen molar-refractivity contribution in [2.24, 2.45) is 0 Å². The van der Waals surface area contributed by atoms with E-state index in [1.54, 1.807) is 18.3 Å². The minimum absolute atomic E-state index is 0.574. The molecule has 0 unspecified atom stereocenters. The lowest BCUT2D eigenvalue weighted by atomic mass is 10.1. The SMILES string of the molecule is N#Cc1cccc(-c2nnc(Nc3ccc4[nH]ncc4c3Cl)s2)c1. The molecule has 0 bridgehead atoms. The largest absolute Gasteiger partial charge is 0.329 e. The molecule has 0 amide bonds. The minimum Gasteiger partial charge on any atom is -0.329 e. The van der Waals surface area contributed by atoms with E-state index in [4.69, 9.17) is 16.9 Å². The number of nitrogens with zero attached hydrogens (tertiary/aromatic N) is 4. The molecule has 2 heterocycles. The maximum Gasteiger partial charge on any atom is 0.210 e. The van der Waals surface area contributed by atoms with Crippen LogP contribution in [0.4, 0.5) is 10.8 Å². The van der Waals surface area contributed by atoms with Crippen molar-refractivity contribution in [3.8, 4) is 16.6 Å². The number of benzene rings is 2. The van der Waals surface area contributed by atoms with Crippen molar-refractivity contribution in [2.45, 2.75) is 0 Å². The second-order valence-electron chi connectivity index (χ2n) is 4.99. The first kappa shape index (κ1) is 14.6. The van der Waals surface area contributed by atoms with Gasteiger partial charge in [-0.25, -0.2) is 0 Å². The number of aromatic nitrogens is 4. The molecule has 0 saturated heterocycles. The van der Waals surface area contributed by atoms with E-state index in [0.29, 0.717) is 15.7 Å². The highest BCUT2D eigenvalue weighted by molar-refractivity contribution is 7.18. The van der Waals surface area contributed by atoms with E-state index in [1.807, 2.05) is 24.3 Å². The summed E-state index contributed by atoms with van der Waals surface area (Å²) in [6, 6.07) is 13.1. The Hall–Kier alpha value is -2.95. The molecule has 0 fully saturated rings. The van der Waals surface area contributed by atoms with Crippen molar-refractivity contribution in [3.05, 3.63) is 53.2 Å². The number of H-pyrrole nitrogens is 1. The topological polar surface area (TPSA) is 90.3 Å². The van der Waals surface area contributed by atoms with Gasteiger partial charge in [0.15, 0.2) is 0 Å². The van der Waals surface area contributed by atoms with Crippen LogP contribution in [0.3, 0.4) is 0 Å². The molecule has 4 aromatic rings. The predicted molar refractivity (Wildman–Crippen MR) is 94.4 cm³/mol. The van der Waals surface area contributed by atoms with Crippen LogP contribution in [0.1, 0.15) is 5.56 Å². The minimum atomic E-state index is 0.574. The number of fused-ring (bicyclic) bond motifs is 1. The van der Waals surface area contributed by atoms with E-state index in [2.05, 4.69) is 31.8 Å². The highest BCUT2D eigenvalue weighted by Gasteiger charge is 2.11. The van der Waals surface area contributed by atoms with Gasteiger partial charge in [0.1, 0.15) is 5.01 Å². The standard InChI is InChI=1S/C16H9ClN6S/c17-14-11-8-19-21-12(11)4-5-13(14)20-16-23-22-15(24-16)10-3-1-2-9(6-10)7-18/h1-6,8H,(H,19,21)(H,20,23). The van der Waals surface area contributed by atoms with Crippen molar-refractivity contribution in [1.29, 1.82) is 5.26 Å². The number of hydrogen-bond donors (Lipinski definition) is 2. The molecular formula is C16H9ClN6S. The van der Waals surface area contributed by atoms with Crippen LogP contribution in [-0.4, -0.2) is 20.4 Å². The van der Waals surface area contributed by atoms with Gasteiger partial charge >= 0.3 is 0 Å². The molecule has 24 heavy (non-hydrogen) atoms. The lowest BCUT2D eigenvalue weighted by Gasteiger charge is -2.05. The van der Waals surface area contributed by atoms with E-state index in [-0.39, 0.29) is 0 Å². The molecule has 0 spiro atoms. The number of halogens is 1. The van der Waals surface area contributed by atoms with Gasteiger partial charge in [-0.2, -0.15) is 10.4 Å². The number of nitriles is 1. The molecule has 4 rings (SSSR count). The Labute approximate surface area is 145 Å². The van der Waals surface area contributed by atoms with Gasteiger partial charge in [0.2, 0.25) is 5.13 Å². The molecule has 0 saturated carbocycles. The van der Waals surface area contributed by atoms with Gasteiger partial charge in [0.25, 0.3) is 0 Å². The smallest absolute Gasteiger partial charge is 0.210 e. The monoisotopic (exact) mass is 352 g/mol. The van der Waals surface area contributed by atoms with Gasteiger partial charge in [-0.05, 0) is 24.3 Å².